The molecule has 0 radical (unpaired) electrons. The monoisotopic (exact) mass is 564 g/mol. The van der Waals surface area contributed by atoms with Gasteiger partial charge in [-0.05, 0) is 41.0 Å². The van der Waals surface area contributed by atoms with Gasteiger partial charge in [0.15, 0.2) is 0 Å². The van der Waals surface area contributed by atoms with Crippen molar-refractivity contribution in [3.8, 4) is 5.75 Å². The number of phenols is 1. The number of rotatable bonds is 6. The van der Waals surface area contributed by atoms with Crippen LogP contribution >= 0.6 is 0 Å². The van der Waals surface area contributed by atoms with Crippen LogP contribution in [0.15, 0.2) is 91.1 Å². The summed E-state index contributed by atoms with van der Waals surface area (Å²) in [7, 11) is 1.71. The molecule has 4 aromatic rings. The number of likely N-dealkylation sites (N-methyl/N-ethyl adjacent to an activating group) is 1. The second-order valence-corrected chi connectivity index (χ2v) is 10.7. The lowest BCUT2D eigenvalue weighted by molar-refractivity contribution is -0.187. The predicted octanol–water partition coefficient (Wildman–Crippen LogP) is 3.12. The number of pyridine rings is 1. The van der Waals surface area contributed by atoms with Gasteiger partial charge in [-0.2, -0.15) is 0 Å². The van der Waals surface area contributed by atoms with Crippen molar-refractivity contribution >= 4 is 28.7 Å². The fourth-order valence-electron chi connectivity index (χ4n) is 5.79. The summed E-state index contributed by atoms with van der Waals surface area (Å²) in [6.07, 6.45) is 1.28. The molecule has 3 aromatic carbocycles. The Hall–Kier alpha value is -4.96. The Morgan fingerprint density at radius 2 is 1.71 bits per heavy atom. The van der Waals surface area contributed by atoms with Gasteiger partial charge in [0, 0.05) is 38.1 Å². The van der Waals surface area contributed by atoms with Crippen molar-refractivity contribution < 1.29 is 19.5 Å². The largest absolute Gasteiger partial charge is 0.508 e. The predicted molar refractivity (Wildman–Crippen MR) is 157 cm³/mol. The van der Waals surface area contributed by atoms with Crippen LogP contribution in [0.4, 0.5) is 4.79 Å². The van der Waals surface area contributed by atoms with Crippen LogP contribution in [0.2, 0.25) is 0 Å². The van der Waals surface area contributed by atoms with Gasteiger partial charge in [-0.25, -0.2) is 14.8 Å². The number of benzene rings is 3. The number of carbonyl (C=O) groups is 3. The zero-order valence-electron chi connectivity index (χ0n) is 23.3. The van der Waals surface area contributed by atoms with E-state index in [1.165, 1.54) is 0 Å². The molecule has 6 rings (SSSR count). The first-order chi connectivity index (χ1) is 20.4. The fourth-order valence-corrected chi connectivity index (χ4v) is 5.79. The van der Waals surface area contributed by atoms with Crippen molar-refractivity contribution in [2.75, 3.05) is 20.1 Å². The van der Waals surface area contributed by atoms with E-state index in [0.717, 1.165) is 27.6 Å². The molecule has 10 heteroatoms. The van der Waals surface area contributed by atoms with Crippen LogP contribution < -0.4 is 5.32 Å². The Morgan fingerprint density at radius 1 is 0.952 bits per heavy atom. The first kappa shape index (κ1) is 27.2. The van der Waals surface area contributed by atoms with Gasteiger partial charge in [0.1, 0.15) is 18.0 Å². The van der Waals surface area contributed by atoms with E-state index in [4.69, 9.17) is 0 Å². The van der Waals surface area contributed by atoms with Gasteiger partial charge in [0.05, 0.1) is 18.6 Å². The van der Waals surface area contributed by atoms with E-state index in [0.29, 0.717) is 13.1 Å². The molecule has 3 heterocycles. The molecule has 0 saturated carbocycles. The van der Waals surface area contributed by atoms with Crippen molar-refractivity contribution in [2.24, 2.45) is 0 Å². The highest BCUT2D eigenvalue weighted by Crippen LogP contribution is 2.29. The quantitative estimate of drug-likeness (QED) is 0.373. The third kappa shape index (κ3) is 5.48. The maximum atomic E-state index is 14.1. The maximum absolute atomic E-state index is 14.1. The summed E-state index contributed by atoms with van der Waals surface area (Å²) in [6, 6.07) is 24.8. The molecule has 2 aliphatic heterocycles. The average molecular weight is 565 g/mol. The van der Waals surface area contributed by atoms with E-state index >= 15 is 0 Å². The van der Waals surface area contributed by atoms with Crippen LogP contribution in [0.25, 0.3) is 10.9 Å². The van der Waals surface area contributed by atoms with Crippen LogP contribution in [0.3, 0.4) is 0 Å². The van der Waals surface area contributed by atoms with Crippen LogP contribution in [0.1, 0.15) is 16.7 Å². The Bertz CT molecular complexity index is 1610. The summed E-state index contributed by atoms with van der Waals surface area (Å²) in [5, 5.41) is 16.9. The number of aromatic nitrogens is 1. The summed E-state index contributed by atoms with van der Waals surface area (Å²) in [4.78, 5) is 48.9. The number of carbonyl (C=O) groups excluding carboxylic acids is 3. The Morgan fingerprint density at radius 3 is 2.50 bits per heavy atom. The van der Waals surface area contributed by atoms with Gasteiger partial charge >= 0.3 is 6.03 Å². The average Bonchev–Trinajstić information content (AvgIpc) is 2.99. The number of hydrogen-bond acceptors (Lipinski definition) is 6. The van der Waals surface area contributed by atoms with Crippen molar-refractivity contribution in [1.29, 1.82) is 0 Å². The molecular formula is C32H32N6O4. The fraction of sp³-hybridized carbons (Fsp3) is 0.250. The zero-order valence-corrected chi connectivity index (χ0v) is 23.3. The van der Waals surface area contributed by atoms with E-state index in [1.54, 1.807) is 57.3 Å². The minimum absolute atomic E-state index is 0.0367. The summed E-state index contributed by atoms with van der Waals surface area (Å²) in [5.41, 5.74) is 3.49. The van der Waals surface area contributed by atoms with Crippen molar-refractivity contribution in [1.82, 2.24) is 30.1 Å². The van der Waals surface area contributed by atoms with Gasteiger partial charge in [0.25, 0.3) is 0 Å². The zero-order chi connectivity index (χ0) is 29.2. The minimum atomic E-state index is -0.822. The molecule has 2 N–H and O–H groups in total. The third-order valence-electron chi connectivity index (χ3n) is 7.84. The van der Waals surface area contributed by atoms with Gasteiger partial charge in [0.2, 0.25) is 11.8 Å². The Kier molecular flexibility index (Phi) is 7.45. The first-order valence-electron chi connectivity index (χ1n) is 13.9. The summed E-state index contributed by atoms with van der Waals surface area (Å²) in [6.45, 7) is 0.748. The molecular weight excluding hydrogens is 532 g/mol. The molecule has 0 bridgehead atoms. The summed E-state index contributed by atoms with van der Waals surface area (Å²) < 4.78 is 0. The number of hydrogen-bond donors (Lipinski definition) is 2. The number of aromatic hydroxyl groups is 1. The number of nitrogens with zero attached hydrogens (tertiary/aromatic N) is 5. The van der Waals surface area contributed by atoms with Gasteiger partial charge in [-0.1, -0.05) is 60.7 Å². The number of urea groups is 1. The number of fused-ring (bicyclic) bond motifs is 2. The number of phenolic OH excluding ortho intramolecular Hbond substituents is 1. The van der Waals surface area contributed by atoms with E-state index in [1.807, 2.05) is 60.7 Å². The molecule has 42 heavy (non-hydrogen) atoms. The topological polar surface area (TPSA) is 109 Å². The molecule has 2 atom stereocenters. The molecule has 10 nitrogen and oxygen atoms in total. The van der Waals surface area contributed by atoms with Crippen LogP contribution in [-0.4, -0.2) is 80.1 Å². The lowest BCUT2D eigenvalue weighted by Crippen LogP contribution is -2.76. The lowest BCUT2D eigenvalue weighted by Gasteiger charge is -2.54. The van der Waals surface area contributed by atoms with E-state index in [-0.39, 0.29) is 43.1 Å². The molecule has 1 aromatic heterocycles. The molecule has 214 valence electrons. The van der Waals surface area contributed by atoms with E-state index < -0.39 is 12.2 Å². The summed E-state index contributed by atoms with van der Waals surface area (Å²) in [5.74, 6) is -0.292. The van der Waals surface area contributed by atoms with Crippen molar-refractivity contribution in [3.05, 3.63) is 108 Å². The van der Waals surface area contributed by atoms with Crippen LogP contribution in [0, 0.1) is 0 Å². The molecule has 2 saturated heterocycles. The van der Waals surface area contributed by atoms with E-state index in [9.17, 15) is 19.5 Å². The smallest absolute Gasteiger partial charge is 0.334 e. The highest BCUT2D eigenvalue weighted by Gasteiger charge is 2.50. The van der Waals surface area contributed by atoms with Crippen LogP contribution in [0.5, 0.6) is 5.75 Å². The molecule has 2 aliphatic rings. The number of hydrazine groups is 1. The minimum Gasteiger partial charge on any atom is -0.508 e. The normalized spacial score (nSPS) is 19.2. The molecule has 0 aliphatic carbocycles. The standard InChI is InChI=1S/C32H32N6O4/c1-35-21-30(40)37-28(17-22-10-13-26(39)14-11-22)31(41)36(19-24-9-12-25-8-5-15-33-27(25)16-24)20-29(37)38(35)32(42)34-18-23-6-3-2-4-7-23/h2-16,28-29,39H,17-21H2,1H3,(H,34,42)/t28-,29-/m0/s1. The number of piperazine rings is 1. The van der Waals surface area contributed by atoms with Gasteiger partial charge < -0.3 is 20.2 Å². The highest BCUT2D eigenvalue weighted by molar-refractivity contribution is 5.92. The van der Waals surface area contributed by atoms with Gasteiger partial charge in [-0.15, -0.1) is 0 Å². The highest BCUT2D eigenvalue weighted by atomic mass is 16.3. The molecule has 0 unspecified atom stereocenters. The van der Waals surface area contributed by atoms with Crippen LogP contribution in [-0.2, 0) is 29.1 Å². The SMILES string of the molecule is CN1CC(=O)N2[C@@H](Cc3ccc(O)cc3)C(=O)N(Cc3ccc4cccnc4c3)C[C@@H]2N1C(=O)NCc1ccccc1. The maximum Gasteiger partial charge on any atom is 0.334 e. The lowest BCUT2D eigenvalue weighted by atomic mass is 9.98. The van der Waals surface area contributed by atoms with Crippen molar-refractivity contribution in [2.45, 2.75) is 31.7 Å². The second kappa shape index (κ2) is 11.5. The molecule has 4 amide bonds. The third-order valence-corrected chi connectivity index (χ3v) is 7.84. The number of amides is 4. The van der Waals surface area contributed by atoms with E-state index in [2.05, 4.69) is 10.3 Å². The Balaban J connectivity index is 1.32. The molecule has 2 fully saturated rings. The first-order valence-corrected chi connectivity index (χ1v) is 13.9. The number of nitrogens with one attached hydrogen (secondary N) is 1. The summed E-state index contributed by atoms with van der Waals surface area (Å²) >= 11 is 0. The van der Waals surface area contributed by atoms with Crippen molar-refractivity contribution in [3.63, 3.8) is 0 Å². The van der Waals surface area contributed by atoms with Gasteiger partial charge in [-0.3, -0.25) is 14.6 Å². The Labute approximate surface area is 243 Å². The second-order valence-electron chi connectivity index (χ2n) is 10.7. The molecule has 0 spiro atoms.